The first kappa shape index (κ1) is 20.8. The summed E-state index contributed by atoms with van der Waals surface area (Å²) < 4.78 is 44.1. The quantitative estimate of drug-likeness (QED) is 0.423. The van der Waals surface area contributed by atoms with Crippen LogP contribution in [-0.2, 0) is 6.18 Å². The molecule has 0 aliphatic carbocycles. The van der Waals surface area contributed by atoms with Crippen molar-refractivity contribution in [2.75, 3.05) is 5.32 Å². The van der Waals surface area contributed by atoms with E-state index >= 15 is 0 Å². The molecule has 2 heterocycles. The third-order valence-corrected chi connectivity index (χ3v) is 4.20. The number of carbonyl (C=O) groups excluding carboxylic acids is 1. The van der Waals surface area contributed by atoms with Crippen LogP contribution in [0.3, 0.4) is 0 Å². The van der Waals surface area contributed by atoms with Crippen LogP contribution >= 0.6 is 0 Å². The first-order chi connectivity index (χ1) is 15.2. The molecular formula is C20H12F3N5O4. The number of carboxylic acid groups (broad SMARTS) is 1. The van der Waals surface area contributed by atoms with Crippen molar-refractivity contribution >= 4 is 28.6 Å². The van der Waals surface area contributed by atoms with Gasteiger partial charge in [-0.3, -0.25) is 4.79 Å². The molecule has 12 heteroatoms. The molecule has 0 spiro atoms. The van der Waals surface area contributed by atoms with Gasteiger partial charge in [0.2, 0.25) is 5.88 Å². The maximum absolute atomic E-state index is 12.9. The van der Waals surface area contributed by atoms with E-state index < -0.39 is 23.6 Å². The summed E-state index contributed by atoms with van der Waals surface area (Å²) >= 11 is 0. The van der Waals surface area contributed by atoms with E-state index in [4.69, 9.17) is 9.84 Å². The number of amides is 1. The number of aromatic amines is 1. The average molecular weight is 443 g/mol. The Balaban J connectivity index is 1.51. The highest BCUT2D eigenvalue weighted by atomic mass is 19.4. The summed E-state index contributed by atoms with van der Waals surface area (Å²) in [6.45, 7) is 0. The summed E-state index contributed by atoms with van der Waals surface area (Å²) in [6, 6.07) is 10.2. The molecule has 0 atom stereocenters. The fourth-order valence-corrected chi connectivity index (χ4v) is 2.75. The minimum Gasteiger partial charge on any atom is -0.477 e. The van der Waals surface area contributed by atoms with Crippen molar-refractivity contribution < 1.29 is 32.6 Å². The van der Waals surface area contributed by atoms with Gasteiger partial charge < -0.3 is 20.1 Å². The molecule has 32 heavy (non-hydrogen) atoms. The number of imidazole rings is 1. The number of aromatic nitrogens is 4. The fourth-order valence-electron chi connectivity index (χ4n) is 2.75. The number of rotatable bonds is 5. The summed E-state index contributed by atoms with van der Waals surface area (Å²) in [4.78, 5) is 37.5. The van der Waals surface area contributed by atoms with Gasteiger partial charge in [-0.15, -0.1) is 0 Å². The van der Waals surface area contributed by atoms with E-state index in [-0.39, 0.29) is 34.2 Å². The Labute approximate surface area is 176 Å². The molecule has 0 saturated heterocycles. The third-order valence-electron chi connectivity index (χ3n) is 4.20. The fraction of sp³-hybridized carbons (Fsp3) is 0.0500. The van der Waals surface area contributed by atoms with Gasteiger partial charge in [-0.25, -0.2) is 19.7 Å². The predicted molar refractivity (Wildman–Crippen MR) is 105 cm³/mol. The largest absolute Gasteiger partial charge is 0.477 e. The van der Waals surface area contributed by atoms with E-state index in [0.717, 1.165) is 24.5 Å². The van der Waals surface area contributed by atoms with E-state index in [9.17, 15) is 22.8 Å². The van der Waals surface area contributed by atoms with Gasteiger partial charge in [0.05, 0.1) is 16.6 Å². The molecule has 3 N–H and O–H groups in total. The molecule has 1 amide bonds. The number of ether oxygens (including phenoxy) is 1. The Morgan fingerprint density at radius 3 is 2.62 bits per heavy atom. The Morgan fingerprint density at radius 1 is 1.06 bits per heavy atom. The normalized spacial score (nSPS) is 11.3. The van der Waals surface area contributed by atoms with Gasteiger partial charge in [0.25, 0.3) is 5.91 Å². The molecule has 0 bridgehead atoms. The number of alkyl halides is 3. The van der Waals surface area contributed by atoms with Crippen molar-refractivity contribution in [2.24, 2.45) is 0 Å². The molecule has 0 fully saturated rings. The van der Waals surface area contributed by atoms with Crippen LogP contribution in [0.5, 0.6) is 11.6 Å². The molecule has 9 nitrogen and oxygen atoms in total. The average Bonchev–Trinajstić information content (AvgIpc) is 3.17. The second-order valence-corrected chi connectivity index (χ2v) is 6.45. The Hall–Kier alpha value is -4.48. The smallest absolute Gasteiger partial charge is 0.416 e. The van der Waals surface area contributed by atoms with E-state index in [1.54, 1.807) is 18.2 Å². The van der Waals surface area contributed by atoms with Crippen LogP contribution in [-0.4, -0.2) is 36.9 Å². The summed E-state index contributed by atoms with van der Waals surface area (Å²) in [5.74, 6) is -1.86. The van der Waals surface area contributed by atoms with Crippen LogP contribution in [0.2, 0.25) is 0 Å². The molecule has 2 aromatic heterocycles. The Kier molecular flexibility index (Phi) is 5.18. The van der Waals surface area contributed by atoms with Gasteiger partial charge >= 0.3 is 12.1 Å². The lowest BCUT2D eigenvalue weighted by molar-refractivity contribution is -0.137. The van der Waals surface area contributed by atoms with Gasteiger partial charge in [-0.05, 0) is 30.3 Å². The van der Waals surface area contributed by atoms with Crippen molar-refractivity contribution in [3.63, 3.8) is 0 Å². The maximum Gasteiger partial charge on any atom is 0.416 e. The number of halogens is 3. The van der Waals surface area contributed by atoms with Gasteiger partial charge in [0.15, 0.2) is 11.5 Å². The molecule has 2 aromatic carbocycles. The van der Waals surface area contributed by atoms with Crippen LogP contribution in [0, 0.1) is 0 Å². The summed E-state index contributed by atoms with van der Waals surface area (Å²) in [5, 5.41) is 11.5. The van der Waals surface area contributed by atoms with Crippen molar-refractivity contribution in [1.29, 1.82) is 0 Å². The lowest BCUT2D eigenvalue weighted by Gasteiger charge is -2.08. The molecule has 0 unspecified atom stereocenters. The zero-order valence-electron chi connectivity index (χ0n) is 15.8. The minimum absolute atomic E-state index is 0.0000511. The number of nitrogens with zero attached hydrogens (tertiary/aromatic N) is 3. The van der Waals surface area contributed by atoms with E-state index in [2.05, 4.69) is 25.3 Å². The lowest BCUT2D eigenvalue weighted by Crippen LogP contribution is -2.13. The SMILES string of the molecule is O=C(O)c1cc(Oc2cccc(NC(=O)c3nc4cc(C(F)(F)F)ccc4[nH]3)c2)ncn1. The molecule has 0 radical (unpaired) electrons. The van der Waals surface area contributed by atoms with Gasteiger partial charge in [0, 0.05) is 17.8 Å². The number of benzene rings is 2. The van der Waals surface area contributed by atoms with E-state index in [1.165, 1.54) is 12.1 Å². The Bertz CT molecular complexity index is 1340. The highest BCUT2D eigenvalue weighted by Crippen LogP contribution is 2.31. The first-order valence-electron chi connectivity index (χ1n) is 8.90. The van der Waals surface area contributed by atoms with Gasteiger partial charge in [0.1, 0.15) is 12.1 Å². The van der Waals surface area contributed by atoms with Crippen LogP contribution in [0.25, 0.3) is 11.0 Å². The van der Waals surface area contributed by atoms with Gasteiger partial charge in [-0.1, -0.05) is 6.07 Å². The molecule has 4 aromatic rings. The number of aromatic carboxylic acids is 1. The maximum atomic E-state index is 12.9. The molecule has 0 aliphatic heterocycles. The number of H-pyrrole nitrogens is 1. The number of nitrogens with one attached hydrogen (secondary N) is 2. The number of hydrogen-bond acceptors (Lipinski definition) is 6. The zero-order valence-corrected chi connectivity index (χ0v) is 15.8. The summed E-state index contributed by atoms with van der Waals surface area (Å²) in [7, 11) is 0. The number of anilines is 1. The summed E-state index contributed by atoms with van der Waals surface area (Å²) in [5.41, 5.74) is -0.545. The van der Waals surface area contributed by atoms with Crippen molar-refractivity contribution in [2.45, 2.75) is 6.18 Å². The molecule has 4 rings (SSSR count). The van der Waals surface area contributed by atoms with Gasteiger partial charge in [-0.2, -0.15) is 13.2 Å². The number of fused-ring (bicyclic) bond motifs is 1. The van der Waals surface area contributed by atoms with Crippen LogP contribution < -0.4 is 10.1 Å². The predicted octanol–water partition coefficient (Wildman–Crippen LogP) is 4.11. The first-order valence-corrected chi connectivity index (χ1v) is 8.90. The van der Waals surface area contributed by atoms with E-state index in [0.29, 0.717) is 5.69 Å². The minimum atomic E-state index is -4.52. The number of hydrogen-bond donors (Lipinski definition) is 3. The highest BCUT2D eigenvalue weighted by molar-refractivity contribution is 6.03. The number of carbonyl (C=O) groups is 2. The number of carboxylic acids is 1. The molecule has 0 saturated carbocycles. The molecule has 0 aliphatic rings. The zero-order chi connectivity index (χ0) is 22.9. The van der Waals surface area contributed by atoms with E-state index in [1.807, 2.05) is 0 Å². The van der Waals surface area contributed by atoms with Crippen LogP contribution in [0.15, 0.2) is 54.9 Å². The second-order valence-electron chi connectivity index (χ2n) is 6.45. The van der Waals surface area contributed by atoms with Crippen molar-refractivity contribution in [1.82, 2.24) is 19.9 Å². The Morgan fingerprint density at radius 2 is 1.88 bits per heavy atom. The standard InChI is InChI=1S/C20H12F3N5O4/c21-20(22,23)10-4-5-13-14(6-10)28-17(27-13)18(29)26-11-2-1-3-12(7-11)32-16-8-15(19(30)31)24-9-25-16/h1-9H,(H,26,29)(H,27,28)(H,30,31). The highest BCUT2D eigenvalue weighted by Gasteiger charge is 2.31. The van der Waals surface area contributed by atoms with Crippen LogP contribution in [0.4, 0.5) is 18.9 Å². The molecule has 162 valence electrons. The monoisotopic (exact) mass is 443 g/mol. The topological polar surface area (TPSA) is 130 Å². The third kappa shape index (κ3) is 4.48. The second kappa shape index (κ2) is 7.98. The molecular weight excluding hydrogens is 431 g/mol. The van der Waals surface area contributed by atoms with Crippen LogP contribution in [0.1, 0.15) is 26.7 Å². The lowest BCUT2D eigenvalue weighted by atomic mass is 10.2. The van der Waals surface area contributed by atoms with Crippen molar-refractivity contribution in [3.8, 4) is 11.6 Å². The van der Waals surface area contributed by atoms with Crippen molar-refractivity contribution in [3.05, 3.63) is 71.9 Å². The summed E-state index contributed by atoms with van der Waals surface area (Å²) in [6.07, 6.45) is -3.49.